The Bertz CT molecular complexity index is 581. The van der Waals surface area contributed by atoms with Crippen LogP contribution in [-0.2, 0) is 24.2 Å². The number of hydrogen-bond donors (Lipinski definition) is 2. The molecule has 0 saturated heterocycles. The van der Waals surface area contributed by atoms with Gasteiger partial charge in [0.15, 0.2) is 5.82 Å². The molecule has 106 valence electrons. The Labute approximate surface area is 116 Å². The summed E-state index contributed by atoms with van der Waals surface area (Å²) in [6.45, 7) is 3.09. The van der Waals surface area contributed by atoms with Crippen LogP contribution < -0.4 is 5.32 Å². The standard InChI is InChI=1S/C14H17N3O3/c1-10-16-13(17-20-10)6-7-15-9-12-5-3-2-4-11(12)8-14(18)19/h2-5,15H,6-9H2,1H3,(H,18,19). The lowest BCUT2D eigenvalue weighted by Crippen LogP contribution is -2.18. The van der Waals surface area contributed by atoms with Crippen molar-refractivity contribution >= 4 is 5.97 Å². The Kier molecular flexibility index (Phi) is 4.84. The molecule has 0 fully saturated rings. The topological polar surface area (TPSA) is 88.2 Å². The first-order valence-electron chi connectivity index (χ1n) is 6.43. The molecule has 0 aliphatic rings. The molecule has 2 aromatic rings. The number of rotatable bonds is 7. The number of carbonyl (C=O) groups is 1. The number of aliphatic carboxylic acids is 1. The van der Waals surface area contributed by atoms with Gasteiger partial charge in [-0.05, 0) is 11.1 Å². The zero-order valence-corrected chi connectivity index (χ0v) is 11.3. The van der Waals surface area contributed by atoms with Gasteiger partial charge in [0.05, 0.1) is 6.42 Å². The predicted octanol–water partition coefficient (Wildman–Crippen LogP) is 1.34. The van der Waals surface area contributed by atoms with Gasteiger partial charge in [0.1, 0.15) is 0 Å². The summed E-state index contributed by atoms with van der Waals surface area (Å²) in [7, 11) is 0. The fourth-order valence-electron chi connectivity index (χ4n) is 1.93. The van der Waals surface area contributed by atoms with Crippen molar-refractivity contribution in [3.8, 4) is 0 Å². The Hall–Kier alpha value is -2.21. The third-order valence-corrected chi connectivity index (χ3v) is 2.87. The second-order valence-corrected chi connectivity index (χ2v) is 4.50. The minimum Gasteiger partial charge on any atom is -0.481 e. The van der Waals surface area contributed by atoms with Gasteiger partial charge in [-0.15, -0.1) is 0 Å². The van der Waals surface area contributed by atoms with Crippen LogP contribution in [0.4, 0.5) is 0 Å². The highest BCUT2D eigenvalue weighted by atomic mass is 16.5. The molecule has 0 aliphatic carbocycles. The van der Waals surface area contributed by atoms with E-state index in [0.29, 0.717) is 31.2 Å². The molecule has 1 heterocycles. The maximum atomic E-state index is 10.8. The summed E-state index contributed by atoms with van der Waals surface area (Å²) in [5.74, 6) is 0.417. The summed E-state index contributed by atoms with van der Waals surface area (Å²) in [4.78, 5) is 14.9. The maximum absolute atomic E-state index is 10.8. The van der Waals surface area contributed by atoms with E-state index in [9.17, 15) is 4.79 Å². The van der Waals surface area contributed by atoms with Gasteiger partial charge in [0.2, 0.25) is 5.89 Å². The molecule has 1 aromatic carbocycles. The molecule has 0 amide bonds. The Morgan fingerprint density at radius 2 is 2.10 bits per heavy atom. The number of hydrogen-bond acceptors (Lipinski definition) is 5. The molecule has 20 heavy (non-hydrogen) atoms. The molecule has 0 spiro atoms. The van der Waals surface area contributed by atoms with Gasteiger partial charge in [0, 0.05) is 26.4 Å². The van der Waals surface area contributed by atoms with E-state index in [0.717, 1.165) is 11.1 Å². The molecule has 0 saturated carbocycles. The monoisotopic (exact) mass is 275 g/mol. The van der Waals surface area contributed by atoms with Crippen LogP contribution in [-0.4, -0.2) is 27.8 Å². The van der Waals surface area contributed by atoms with Crippen molar-refractivity contribution in [2.24, 2.45) is 0 Å². The van der Waals surface area contributed by atoms with Crippen LogP contribution in [0.5, 0.6) is 0 Å². The van der Waals surface area contributed by atoms with Crippen LogP contribution in [0, 0.1) is 6.92 Å². The van der Waals surface area contributed by atoms with Crippen LogP contribution in [0.3, 0.4) is 0 Å². The van der Waals surface area contributed by atoms with Gasteiger partial charge in [-0.2, -0.15) is 4.98 Å². The average molecular weight is 275 g/mol. The van der Waals surface area contributed by atoms with Gasteiger partial charge in [0.25, 0.3) is 0 Å². The molecule has 2 rings (SSSR count). The molecule has 2 N–H and O–H groups in total. The van der Waals surface area contributed by atoms with Crippen LogP contribution in [0.25, 0.3) is 0 Å². The van der Waals surface area contributed by atoms with E-state index in [4.69, 9.17) is 9.63 Å². The van der Waals surface area contributed by atoms with Gasteiger partial charge in [-0.3, -0.25) is 4.79 Å². The van der Waals surface area contributed by atoms with Crippen molar-refractivity contribution < 1.29 is 14.4 Å². The molecule has 1 aromatic heterocycles. The summed E-state index contributed by atoms with van der Waals surface area (Å²) >= 11 is 0. The third kappa shape index (κ3) is 4.17. The van der Waals surface area contributed by atoms with E-state index in [1.54, 1.807) is 6.92 Å². The maximum Gasteiger partial charge on any atom is 0.307 e. The Morgan fingerprint density at radius 1 is 1.35 bits per heavy atom. The van der Waals surface area contributed by atoms with Crippen LogP contribution in [0.15, 0.2) is 28.8 Å². The zero-order valence-electron chi connectivity index (χ0n) is 11.3. The van der Waals surface area contributed by atoms with Crippen LogP contribution in [0.2, 0.25) is 0 Å². The molecular weight excluding hydrogens is 258 g/mol. The van der Waals surface area contributed by atoms with E-state index in [1.807, 2.05) is 24.3 Å². The lowest BCUT2D eigenvalue weighted by Gasteiger charge is -2.08. The number of nitrogens with zero attached hydrogens (tertiary/aromatic N) is 2. The van der Waals surface area contributed by atoms with Crippen molar-refractivity contribution in [1.29, 1.82) is 0 Å². The lowest BCUT2D eigenvalue weighted by molar-refractivity contribution is -0.136. The van der Waals surface area contributed by atoms with Crippen molar-refractivity contribution in [2.75, 3.05) is 6.54 Å². The molecular formula is C14H17N3O3. The van der Waals surface area contributed by atoms with Crippen molar-refractivity contribution in [3.63, 3.8) is 0 Å². The lowest BCUT2D eigenvalue weighted by atomic mass is 10.0. The highest BCUT2D eigenvalue weighted by Gasteiger charge is 2.06. The minimum absolute atomic E-state index is 0.0435. The fourth-order valence-corrected chi connectivity index (χ4v) is 1.93. The first kappa shape index (κ1) is 14.2. The summed E-state index contributed by atoms with van der Waals surface area (Å²) < 4.78 is 4.89. The van der Waals surface area contributed by atoms with Gasteiger partial charge in [-0.25, -0.2) is 0 Å². The predicted molar refractivity (Wildman–Crippen MR) is 72.2 cm³/mol. The molecule has 6 nitrogen and oxygen atoms in total. The minimum atomic E-state index is -0.820. The molecule has 0 aliphatic heterocycles. The fraction of sp³-hybridized carbons (Fsp3) is 0.357. The molecule has 0 unspecified atom stereocenters. The Balaban J connectivity index is 1.83. The summed E-state index contributed by atoms with van der Waals surface area (Å²) in [6.07, 6.45) is 0.723. The summed E-state index contributed by atoms with van der Waals surface area (Å²) in [5.41, 5.74) is 1.84. The number of aromatic nitrogens is 2. The smallest absolute Gasteiger partial charge is 0.307 e. The number of carboxylic acids is 1. The Morgan fingerprint density at radius 3 is 2.75 bits per heavy atom. The van der Waals surface area contributed by atoms with E-state index >= 15 is 0 Å². The van der Waals surface area contributed by atoms with Crippen molar-refractivity contribution in [2.45, 2.75) is 26.3 Å². The average Bonchev–Trinajstić information content (AvgIpc) is 2.81. The van der Waals surface area contributed by atoms with Crippen LogP contribution >= 0.6 is 0 Å². The molecule has 0 radical (unpaired) electrons. The first-order chi connectivity index (χ1) is 9.65. The van der Waals surface area contributed by atoms with E-state index in [-0.39, 0.29) is 6.42 Å². The summed E-state index contributed by atoms with van der Waals surface area (Å²) in [5, 5.41) is 15.9. The highest BCUT2D eigenvalue weighted by molar-refractivity contribution is 5.70. The van der Waals surface area contributed by atoms with Gasteiger partial charge >= 0.3 is 5.97 Å². The first-order valence-corrected chi connectivity index (χ1v) is 6.43. The van der Waals surface area contributed by atoms with E-state index < -0.39 is 5.97 Å². The SMILES string of the molecule is Cc1nc(CCNCc2ccccc2CC(=O)O)no1. The van der Waals surface area contributed by atoms with Crippen LogP contribution in [0.1, 0.15) is 22.8 Å². The number of aryl methyl sites for hydroxylation is 1. The normalized spacial score (nSPS) is 10.7. The van der Waals surface area contributed by atoms with Crippen molar-refractivity contribution in [3.05, 3.63) is 47.1 Å². The number of benzene rings is 1. The molecule has 0 atom stereocenters. The number of nitrogens with one attached hydrogen (secondary N) is 1. The summed E-state index contributed by atoms with van der Waals surface area (Å²) in [6, 6.07) is 7.53. The van der Waals surface area contributed by atoms with Crippen molar-refractivity contribution in [1.82, 2.24) is 15.5 Å². The zero-order chi connectivity index (χ0) is 14.4. The highest BCUT2D eigenvalue weighted by Crippen LogP contribution is 2.09. The largest absolute Gasteiger partial charge is 0.481 e. The molecule has 6 heteroatoms. The molecule has 0 bridgehead atoms. The van der Waals surface area contributed by atoms with E-state index in [1.165, 1.54) is 0 Å². The van der Waals surface area contributed by atoms with Gasteiger partial charge in [-0.1, -0.05) is 29.4 Å². The number of carboxylic acid groups (broad SMARTS) is 1. The van der Waals surface area contributed by atoms with Gasteiger partial charge < -0.3 is 14.9 Å². The quantitative estimate of drug-likeness (QED) is 0.741. The second kappa shape index (κ2) is 6.81. The second-order valence-electron chi connectivity index (χ2n) is 4.50. The van der Waals surface area contributed by atoms with E-state index in [2.05, 4.69) is 15.5 Å². The third-order valence-electron chi connectivity index (χ3n) is 2.87.